The van der Waals surface area contributed by atoms with Gasteiger partial charge < -0.3 is 14.6 Å². The normalized spacial score (nSPS) is 10.4. The highest BCUT2D eigenvalue weighted by Crippen LogP contribution is 2.15. The van der Waals surface area contributed by atoms with Gasteiger partial charge in [0.2, 0.25) is 11.7 Å². The van der Waals surface area contributed by atoms with Crippen molar-refractivity contribution >= 4 is 11.6 Å². The van der Waals surface area contributed by atoms with Crippen molar-refractivity contribution in [1.82, 2.24) is 20.3 Å². The van der Waals surface area contributed by atoms with Crippen LogP contribution in [0.5, 0.6) is 5.75 Å². The zero-order valence-electron chi connectivity index (χ0n) is 11.7. The fourth-order valence-electron chi connectivity index (χ4n) is 1.77. The first-order chi connectivity index (χ1) is 10.7. The van der Waals surface area contributed by atoms with Crippen molar-refractivity contribution in [1.29, 1.82) is 0 Å². The Bertz CT molecular complexity index is 749. The van der Waals surface area contributed by atoms with Gasteiger partial charge in [-0.15, -0.1) is 0 Å². The molecule has 0 unspecified atom stereocenters. The molecule has 22 heavy (non-hydrogen) atoms. The Hall–Kier alpha value is -3.16. The third-order valence-electron chi connectivity index (χ3n) is 2.81. The van der Waals surface area contributed by atoms with Crippen LogP contribution in [0, 0.1) is 6.92 Å². The largest absolute Gasteiger partial charge is 0.485 e. The molecular weight excluding hydrogens is 286 g/mol. The highest BCUT2D eigenvalue weighted by Gasteiger charge is 2.08. The number of carbonyl (C=O) groups excluding carboxylic acids is 1. The molecule has 8 heteroatoms. The third-order valence-corrected chi connectivity index (χ3v) is 2.81. The molecule has 3 aromatic rings. The zero-order valence-corrected chi connectivity index (χ0v) is 11.7. The van der Waals surface area contributed by atoms with Crippen molar-refractivity contribution in [3.05, 3.63) is 53.9 Å². The summed E-state index contributed by atoms with van der Waals surface area (Å²) in [5.41, 5.74) is 1.13. The molecule has 0 aliphatic rings. The van der Waals surface area contributed by atoms with E-state index in [1.165, 1.54) is 6.20 Å². The number of amides is 1. The van der Waals surface area contributed by atoms with E-state index in [4.69, 9.17) is 9.26 Å². The standard InChI is InChI=1S/C14H13N5O3/c1-9-17-13(19-22-9)8-21-12-4-2-10(3-5-12)14(20)18-11-6-15-16-7-11/h2-7H,8H2,1H3,(H,15,16)(H,18,20). The summed E-state index contributed by atoms with van der Waals surface area (Å²) < 4.78 is 10.4. The lowest BCUT2D eigenvalue weighted by atomic mass is 10.2. The van der Waals surface area contributed by atoms with Crippen LogP contribution in [-0.4, -0.2) is 26.2 Å². The third kappa shape index (κ3) is 3.29. The molecule has 1 aromatic carbocycles. The van der Waals surface area contributed by atoms with Crippen molar-refractivity contribution in [2.24, 2.45) is 0 Å². The number of aryl methyl sites for hydroxylation is 1. The van der Waals surface area contributed by atoms with E-state index in [0.29, 0.717) is 28.7 Å². The second-order valence-corrected chi connectivity index (χ2v) is 4.48. The van der Waals surface area contributed by atoms with Crippen LogP contribution in [-0.2, 0) is 6.61 Å². The Balaban J connectivity index is 1.58. The minimum absolute atomic E-state index is 0.206. The number of hydrogen-bond donors (Lipinski definition) is 2. The highest BCUT2D eigenvalue weighted by molar-refractivity contribution is 6.04. The molecular formula is C14H13N5O3. The predicted octanol–water partition coefficient (Wildman–Crippen LogP) is 1.93. The summed E-state index contributed by atoms with van der Waals surface area (Å²) in [7, 11) is 0. The zero-order chi connectivity index (χ0) is 15.4. The van der Waals surface area contributed by atoms with Gasteiger partial charge in [-0.3, -0.25) is 9.89 Å². The second-order valence-electron chi connectivity index (χ2n) is 4.48. The average Bonchev–Trinajstić information content (AvgIpc) is 3.17. The Morgan fingerprint density at radius 1 is 1.36 bits per heavy atom. The van der Waals surface area contributed by atoms with E-state index < -0.39 is 0 Å². The van der Waals surface area contributed by atoms with Gasteiger partial charge in [0.15, 0.2) is 6.61 Å². The van der Waals surface area contributed by atoms with Crippen LogP contribution < -0.4 is 10.1 Å². The first-order valence-corrected chi connectivity index (χ1v) is 6.53. The Morgan fingerprint density at radius 2 is 2.18 bits per heavy atom. The van der Waals surface area contributed by atoms with Gasteiger partial charge in [0.25, 0.3) is 5.91 Å². The summed E-state index contributed by atoms with van der Waals surface area (Å²) in [6.07, 6.45) is 3.13. The maximum absolute atomic E-state index is 12.0. The van der Waals surface area contributed by atoms with Gasteiger partial charge in [0, 0.05) is 18.7 Å². The summed E-state index contributed by atoms with van der Waals surface area (Å²) in [5, 5.41) is 12.8. The highest BCUT2D eigenvalue weighted by atomic mass is 16.5. The van der Waals surface area contributed by atoms with Gasteiger partial charge in [-0.05, 0) is 24.3 Å². The van der Waals surface area contributed by atoms with Crippen LogP contribution in [0.15, 0.2) is 41.2 Å². The van der Waals surface area contributed by atoms with Gasteiger partial charge in [-0.2, -0.15) is 10.1 Å². The van der Waals surface area contributed by atoms with Crippen molar-refractivity contribution in [3.8, 4) is 5.75 Å². The molecule has 0 aliphatic carbocycles. The van der Waals surface area contributed by atoms with E-state index in [0.717, 1.165) is 0 Å². The van der Waals surface area contributed by atoms with Crippen molar-refractivity contribution in [2.75, 3.05) is 5.32 Å². The summed E-state index contributed by atoms with van der Waals surface area (Å²) in [5.74, 6) is 1.35. The van der Waals surface area contributed by atoms with Crippen molar-refractivity contribution in [3.63, 3.8) is 0 Å². The van der Waals surface area contributed by atoms with Gasteiger partial charge in [0.05, 0.1) is 11.9 Å². The van der Waals surface area contributed by atoms with Gasteiger partial charge in [-0.25, -0.2) is 0 Å². The summed E-state index contributed by atoms with van der Waals surface area (Å²) >= 11 is 0. The lowest BCUT2D eigenvalue weighted by Gasteiger charge is -2.05. The Labute approximate surface area is 125 Å². The molecule has 0 fully saturated rings. The number of nitrogens with one attached hydrogen (secondary N) is 2. The maximum Gasteiger partial charge on any atom is 0.255 e. The second kappa shape index (κ2) is 6.08. The Morgan fingerprint density at radius 3 is 2.82 bits per heavy atom. The van der Waals surface area contributed by atoms with E-state index in [2.05, 4.69) is 25.7 Å². The summed E-state index contributed by atoms with van der Waals surface area (Å²) in [4.78, 5) is 16.0. The van der Waals surface area contributed by atoms with Crippen LogP contribution in [0.25, 0.3) is 0 Å². The van der Waals surface area contributed by atoms with Crippen LogP contribution >= 0.6 is 0 Å². The topological polar surface area (TPSA) is 106 Å². The average molecular weight is 299 g/mol. The quantitative estimate of drug-likeness (QED) is 0.745. The molecule has 0 saturated carbocycles. The first kappa shape index (κ1) is 13.8. The molecule has 0 bridgehead atoms. The van der Waals surface area contributed by atoms with Crippen LogP contribution in [0.4, 0.5) is 5.69 Å². The number of nitrogens with zero attached hydrogens (tertiary/aromatic N) is 3. The summed E-state index contributed by atoms with van der Waals surface area (Å²) in [6.45, 7) is 1.92. The van der Waals surface area contributed by atoms with Gasteiger partial charge >= 0.3 is 0 Å². The minimum atomic E-state index is -0.221. The molecule has 112 valence electrons. The Kier molecular flexibility index (Phi) is 3.82. The van der Waals surface area contributed by atoms with Crippen molar-refractivity contribution < 1.29 is 14.1 Å². The number of benzene rings is 1. The molecule has 0 radical (unpaired) electrons. The van der Waals surface area contributed by atoms with Crippen LogP contribution in [0.2, 0.25) is 0 Å². The lowest BCUT2D eigenvalue weighted by molar-refractivity contribution is 0.102. The smallest absolute Gasteiger partial charge is 0.255 e. The maximum atomic E-state index is 12.0. The monoisotopic (exact) mass is 299 g/mol. The van der Waals surface area contributed by atoms with Gasteiger partial charge in [0.1, 0.15) is 5.75 Å². The molecule has 0 saturated heterocycles. The van der Waals surface area contributed by atoms with E-state index in [-0.39, 0.29) is 12.5 Å². The molecule has 2 aromatic heterocycles. The van der Waals surface area contributed by atoms with E-state index >= 15 is 0 Å². The number of carbonyl (C=O) groups is 1. The lowest BCUT2D eigenvalue weighted by Crippen LogP contribution is -2.11. The molecule has 8 nitrogen and oxygen atoms in total. The molecule has 1 amide bonds. The van der Waals surface area contributed by atoms with Crippen molar-refractivity contribution in [2.45, 2.75) is 13.5 Å². The number of H-pyrrole nitrogens is 1. The number of hydrogen-bond acceptors (Lipinski definition) is 6. The predicted molar refractivity (Wildman–Crippen MR) is 76.3 cm³/mol. The SMILES string of the molecule is Cc1nc(COc2ccc(C(=O)Nc3cn[nH]c3)cc2)no1. The number of aromatic amines is 1. The van der Waals surface area contributed by atoms with E-state index in [1.807, 2.05) is 0 Å². The number of rotatable bonds is 5. The first-order valence-electron chi connectivity index (χ1n) is 6.53. The van der Waals surface area contributed by atoms with Crippen LogP contribution in [0.1, 0.15) is 22.1 Å². The van der Waals surface area contributed by atoms with Gasteiger partial charge in [-0.1, -0.05) is 5.16 Å². The number of ether oxygens (including phenoxy) is 1. The summed E-state index contributed by atoms with van der Waals surface area (Å²) in [6, 6.07) is 6.76. The molecule has 0 spiro atoms. The minimum Gasteiger partial charge on any atom is -0.485 e. The molecule has 0 atom stereocenters. The number of aromatic nitrogens is 4. The molecule has 3 rings (SSSR count). The number of anilines is 1. The fourth-order valence-corrected chi connectivity index (χ4v) is 1.77. The molecule has 2 N–H and O–H groups in total. The van der Waals surface area contributed by atoms with E-state index in [9.17, 15) is 4.79 Å². The van der Waals surface area contributed by atoms with E-state index in [1.54, 1.807) is 37.4 Å². The molecule has 2 heterocycles. The molecule has 0 aliphatic heterocycles. The fraction of sp³-hybridized carbons (Fsp3) is 0.143. The van der Waals surface area contributed by atoms with Crippen LogP contribution in [0.3, 0.4) is 0 Å².